The standard InChI is InChI=1S/C9H7NO2.C7H10/c11-9(12)8-5-6-3-1-2-4-7(6)10-8;1-7-5-3-2-4-6-7/h1-5,10H,(H,11,12);2-3,5H,4,6H2,1H3. The first kappa shape index (κ1) is 13.1. The Morgan fingerprint density at radius 2 is 2.11 bits per heavy atom. The summed E-state index contributed by atoms with van der Waals surface area (Å²) in [6, 6.07) is 9.09. The number of rotatable bonds is 1. The summed E-state index contributed by atoms with van der Waals surface area (Å²) in [5.74, 6) is -0.925. The molecule has 0 fully saturated rings. The topological polar surface area (TPSA) is 53.1 Å². The van der Waals surface area contributed by atoms with E-state index in [-0.39, 0.29) is 5.69 Å². The summed E-state index contributed by atoms with van der Waals surface area (Å²) in [5, 5.41) is 9.58. The van der Waals surface area contributed by atoms with Crippen LogP contribution in [0.5, 0.6) is 0 Å². The van der Waals surface area contributed by atoms with Crippen LogP contribution >= 0.6 is 0 Å². The van der Waals surface area contributed by atoms with E-state index in [1.165, 1.54) is 18.4 Å². The van der Waals surface area contributed by atoms with Gasteiger partial charge in [0, 0.05) is 10.9 Å². The van der Waals surface area contributed by atoms with Crippen molar-refractivity contribution < 1.29 is 9.90 Å². The van der Waals surface area contributed by atoms with Gasteiger partial charge in [-0.15, -0.1) is 0 Å². The van der Waals surface area contributed by atoms with Crippen molar-refractivity contribution in [2.45, 2.75) is 19.8 Å². The van der Waals surface area contributed by atoms with Gasteiger partial charge in [0.05, 0.1) is 0 Å². The summed E-state index contributed by atoms with van der Waals surface area (Å²) >= 11 is 0. The molecule has 98 valence electrons. The van der Waals surface area contributed by atoms with Crippen molar-refractivity contribution in [1.82, 2.24) is 4.98 Å². The van der Waals surface area contributed by atoms with Gasteiger partial charge < -0.3 is 10.1 Å². The second-order valence-electron chi connectivity index (χ2n) is 4.56. The lowest BCUT2D eigenvalue weighted by Gasteiger charge is -1.98. The molecule has 0 aliphatic heterocycles. The van der Waals surface area contributed by atoms with Crippen LogP contribution in [0.25, 0.3) is 10.9 Å². The van der Waals surface area contributed by atoms with Crippen LogP contribution in [0.2, 0.25) is 0 Å². The summed E-state index contributed by atoms with van der Waals surface area (Å²) in [4.78, 5) is 13.3. The molecule has 1 aliphatic rings. The van der Waals surface area contributed by atoms with E-state index in [0.717, 1.165) is 10.9 Å². The van der Waals surface area contributed by atoms with E-state index in [1.807, 2.05) is 24.3 Å². The van der Waals surface area contributed by atoms with Gasteiger partial charge in [0.1, 0.15) is 5.69 Å². The van der Waals surface area contributed by atoms with Gasteiger partial charge in [0.25, 0.3) is 0 Å². The van der Waals surface area contributed by atoms with E-state index in [1.54, 1.807) is 6.07 Å². The average molecular weight is 255 g/mol. The molecule has 19 heavy (non-hydrogen) atoms. The van der Waals surface area contributed by atoms with Crippen LogP contribution in [0.4, 0.5) is 0 Å². The van der Waals surface area contributed by atoms with Crippen molar-refractivity contribution in [3.63, 3.8) is 0 Å². The van der Waals surface area contributed by atoms with E-state index in [9.17, 15) is 4.79 Å². The van der Waals surface area contributed by atoms with Crippen molar-refractivity contribution in [2.24, 2.45) is 0 Å². The summed E-state index contributed by atoms with van der Waals surface area (Å²) in [5.41, 5.74) is 2.59. The molecule has 0 unspecified atom stereocenters. The van der Waals surface area contributed by atoms with Gasteiger partial charge in [-0.2, -0.15) is 0 Å². The Bertz CT molecular complexity index is 602. The lowest BCUT2D eigenvalue weighted by molar-refractivity contribution is 0.0691. The second kappa shape index (κ2) is 6.05. The van der Waals surface area contributed by atoms with Crippen molar-refractivity contribution in [3.05, 3.63) is 59.8 Å². The lowest BCUT2D eigenvalue weighted by atomic mass is 10.1. The first-order valence-corrected chi connectivity index (χ1v) is 6.30. The highest BCUT2D eigenvalue weighted by Crippen LogP contribution is 2.14. The SMILES string of the molecule is CC1=CC=CCC1.O=C(O)c1cc2ccccc2[nH]1. The fraction of sp³-hybridized carbons (Fsp3) is 0.188. The first-order valence-electron chi connectivity index (χ1n) is 6.30. The van der Waals surface area contributed by atoms with Gasteiger partial charge in [0.2, 0.25) is 0 Å². The zero-order valence-electron chi connectivity index (χ0n) is 10.9. The number of aromatic amines is 1. The molecular formula is C16H17NO2. The van der Waals surface area contributed by atoms with E-state index >= 15 is 0 Å². The molecule has 2 N–H and O–H groups in total. The van der Waals surface area contributed by atoms with Gasteiger partial charge >= 0.3 is 5.97 Å². The number of hydrogen-bond acceptors (Lipinski definition) is 1. The number of carbonyl (C=O) groups is 1. The van der Waals surface area contributed by atoms with Gasteiger partial charge in [-0.05, 0) is 31.9 Å². The van der Waals surface area contributed by atoms with Crippen LogP contribution in [-0.2, 0) is 0 Å². The quantitative estimate of drug-likeness (QED) is 0.804. The Kier molecular flexibility index (Phi) is 4.18. The number of fused-ring (bicyclic) bond motifs is 1. The largest absolute Gasteiger partial charge is 0.477 e. The second-order valence-corrected chi connectivity index (χ2v) is 4.56. The van der Waals surface area contributed by atoms with E-state index in [4.69, 9.17) is 5.11 Å². The zero-order chi connectivity index (χ0) is 13.7. The van der Waals surface area contributed by atoms with Crippen LogP contribution in [-0.4, -0.2) is 16.1 Å². The third kappa shape index (κ3) is 3.58. The van der Waals surface area contributed by atoms with Gasteiger partial charge in [-0.25, -0.2) is 4.79 Å². The third-order valence-corrected chi connectivity index (χ3v) is 2.98. The molecular weight excluding hydrogens is 238 g/mol. The van der Waals surface area contributed by atoms with Crippen molar-refractivity contribution in [3.8, 4) is 0 Å². The predicted octanol–water partition coefficient (Wildman–Crippen LogP) is 4.15. The third-order valence-electron chi connectivity index (χ3n) is 2.98. The van der Waals surface area contributed by atoms with Crippen molar-refractivity contribution >= 4 is 16.9 Å². The number of carboxylic acids is 1. The number of aromatic nitrogens is 1. The highest BCUT2D eigenvalue weighted by atomic mass is 16.4. The molecule has 3 heteroatoms. The number of hydrogen-bond donors (Lipinski definition) is 2. The predicted molar refractivity (Wildman–Crippen MR) is 77.4 cm³/mol. The Morgan fingerprint density at radius 1 is 1.32 bits per heavy atom. The molecule has 0 saturated heterocycles. The zero-order valence-corrected chi connectivity index (χ0v) is 10.9. The van der Waals surface area contributed by atoms with Gasteiger partial charge in [0.15, 0.2) is 0 Å². The maximum atomic E-state index is 10.5. The number of aromatic carboxylic acids is 1. The van der Waals surface area contributed by atoms with E-state index < -0.39 is 5.97 Å². The molecule has 1 aromatic heterocycles. The fourth-order valence-electron chi connectivity index (χ4n) is 1.91. The van der Waals surface area contributed by atoms with Crippen LogP contribution in [0.3, 0.4) is 0 Å². The molecule has 0 spiro atoms. The monoisotopic (exact) mass is 255 g/mol. The number of benzene rings is 1. The highest BCUT2D eigenvalue weighted by molar-refractivity contribution is 5.93. The molecule has 2 aromatic rings. The lowest BCUT2D eigenvalue weighted by Crippen LogP contribution is -1.94. The van der Waals surface area contributed by atoms with Crippen molar-refractivity contribution in [2.75, 3.05) is 0 Å². The maximum Gasteiger partial charge on any atom is 0.352 e. The van der Waals surface area contributed by atoms with Crippen LogP contribution in [0.1, 0.15) is 30.3 Å². The Hall–Kier alpha value is -2.29. The molecule has 1 heterocycles. The Balaban J connectivity index is 0.000000163. The summed E-state index contributed by atoms with van der Waals surface area (Å²) in [7, 11) is 0. The molecule has 0 radical (unpaired) electrons. The van der Waals surface area contributed by atoms with Crippen molar-refractivity contribution in [1.29, 1.82) is 0 Å². The minimum Gasteiger partial charge on any atom is -0.477 e. The summed E-state index contributed by atoms with van der Waals surface area (Å²) in [6.07, 6.45) is 8.99. The molecule has 1 aliphatic carbocycles. The van der Waals surface area contributed by atoms with Crippen LogP contribution < -0.4 is 0 Å². The molecule has 1 aromatic carbocycles. The molecule has 3 nitrogen and oxygen atoms in total. The normalized spacial score (nSPS) is 13.6. The number of nitrogens with one attached hydrogen (secondary N) is 1. The van der Waals surface area contributed by atoms with E-state index in [0.29, 0.717) is 0 Å². The minimum atomic E-state index is -0.925. The smallest absolute Gasteiger partial charge is 0.352 e. The first-order chi connectivity index (χ1) is 9.16. The number of H-pyrrole nitrogens is 1. The number of allylic oxidation sites excluding steroid dienone is 4. The number of carboxylic acid groups (broad SMARTS) is 1. The molecule has 0 bridgehead atoms. The molecule has 0 amide bonds. The molecule has 3 rings (SSSR count). The average Bonchev–Trinajstić information content (AvgIpc) is 2.84. The Labute approximate surface area is 112 Å². The fourth-order valence-corrected chi connectivity index (χ4v) is 1.91. The summed E-state index contributed by atoms with van der Waals surface area (Å²) in [6.45, 7) is 2.17. The van der Waals surface area contributed by atoms with Gasteiger partial charge in [-0.1, -0.05) is 42.0 Å². The van der Waals surface area contributed by atoms with E-state index in [2.05, 4.69) is 30.1 Å². The van der Waals surface area contributed by atoms with Crippen LogP contribution in [0, 0.1) is 0 Å². The number of para-hydroxylation sites is 1. The molecule has 0 saturated carbocycles. The molecule has 0 atom stereocenters. The van der Waals surface area contributed by atoms with Gasteiger partial charge in [-0.3, -0.25) is 0 Å². The summed E-state index contributed by atoms with van der Waals surface area (Å²) < 4.78 is 0. The van der Waals surface area contributed by atoms with Crippen LogP contribution in [0.15, 0.2) is 54.1 Å². The minimum absolute atomic E-state index is 0.233. The Morgan fingerprint density at radius 3 is 2.63 bits per heavy atom. The maximum absolute atomic E-state index is 10.5. The highest BCUT2D eigenvalue weighted by Gasteiger charge is 2.05.